The van der Waals surface area contributed by atoms with Gasteiger partial charge in [0.25, 0.3) is 0 Å². The highest BCUT2D eigenvalue weighted by molar-refractivity contribution is 5.86. The highest BCUT2D eigenvalue weighted by Crippen LogP contribution is 2.27. The zero-order chi connectivity index (χ0) is 25.3. The first-order valence-electron chi connectivity index (χ1n) is 11.3. The van der Waals surface area contributed by atoms with Gasteiger partial charge in [-0.1, -0.05) is 25.6 Å². The lowest BCUT2D eigenvalue weighted by molar-refractivity contribution is -0.120. The number of anilines is 1. The minimum absolute atomic E-state index is 0.00283. The second-order valence-corrected chi connectivity index (χ2v) is 8.30. The minimum Gasteiger partial charge on any atom is -0.508 e. The normalized spacial score (nSPS) is 12.4. The van der Waals surface area contributed by atoms with Crippen molar-refractivity contribution in [3.8, 4) is 0 Å². The Hall–Kier alpha value is -3.62. The molecule has 0 fully saturated rings. The van der Waals surface area contributed by atoms with Gasteiger partial charge in [-0.25, -0.2) is 9.78 Å². The van der Waals surface area contributed by atoms with Crippen molar-refractivity contribution in [3.63, 3.8) is 0 Å². The Morgan fingerprint density at radius 2 is 2.09 bits per heavy atom. The van der Waals surface area contributed by atoms with Crippen LogP contribution in [-0.2, 0) is 16.1 Å². The summed E-state index contributed by atoms with van der Waals surface area (Å²) in [6.45, 7) is 12.9. The number of esters is 1. The molecule has 0 bridgehead atoms. The predicted octanol–water partition coefficient (Wildman–Crippen LogP) is 4.69. The Morgan fingerprint density at radius 3 is 2.71 bits per heavy atom. The standard InChI is InChI=1S/C25H34N4O5/c1-7-12-26-24-11-9-19(21(27-24)14-29(15-30)16(2)3)18(5)22(31)10-8-17(4)20-13-23(34-28-20)25(32)33-6/h9-11,13,15-17,31H,5,7-8,12,14H2,1-4,6H3,(H,26,27)/b22-10+. The number of ether oxygens (including phenoxy) is 1. The van der Waals surface area contributed by atoms with E-state index in [2.05, 4.69) is 33.7 Å². The summed E-state index contributed by atoms with van der Waals surface area (Å²) in [4.78, 5) is 29.4. The van der Waals surface area contributed by atoms with Crippen LogP contribution in [-0.4, -0.2) is 52.2 Å². The van der Waals surface area contributed by atoms with E-state index in [4.69, 9.17) is 4.52 Å². The molecule has 0 spiro atoms. The number of pyridine rings is 1. The number of methoxy groups -OCH3 is 1. The average molecular weight is 471 g/mol. The van der Waals surface area contributed by atoms with Gasteiger partial charge in [0.1, 0.15) is 11.6 Å². The molecule has 1 unspecified atom stereocenters. The smallest absolute Gasteiger partial charge is 0.376 e. The lowest BCUT2D eigenvalue weighted by atomic mass is 9.99. The van der Waals surface area contributed by atoms with Gasteiger partial charge in [0, 0.05) is 35.7 Å². The van der Waals surface area contributed by atoms with E-state index >= 15 is 0 Å². The third-order valence-electron chi connectivity index (χ3n) is 5.38. The fourth-order valence-corrected chi connectivity index (χ4v) is 3.15. The Bertz CT molecular complexity index is 1030. The van der Waals surface area contributed by atoms with Crippen LogP contribution < -0.4 is 5.32 Å². The molecule has 1 atom stereocenters. The number of nitrogens with one attached hydrogen (secondary N) is 1. The third kappa shape index (κ3) is 6.94. The number of aromatic nitrogens is 2. The van der Waals surface area contributed by atoms with Crippen LogP contribution in [0.15, 0.2) is 41.1 Å². The number of amides is 1. The SMILES string of the molecule is C=C(/C(O)=C\CC(C)c1cc(C(=O)OC)on1)c1ccc(NCCC)nc1CN(C=O)C(C)C. The van der Waals surface area contributed by atoms with E-state index in [0.717, 1.165) is 19.4 Å². The maximum atomic E-state index is 11.6. The van der Waals surface area contributed by atoms with Crippen LogP contribution in [0.3, 0.4) is 0 Å². The Kier molecular flexibility index (Phi) is 9.85. The largest absolute Gasteiger partial charge is 0.508 e. The fraction of sp³-hybridized carbons (Fsp3) is 0.440. The molecular formula is C25H34N4O5. The van der Waals surface area contributed by atoms with E-state index in [1.807, 2.05) is 32.9 Å². The molecule has 2 heterocycles. The molecule has 0 saturated heterocycles. The van der Waals surface area contributed by atoms with Gasteiger partial charge in [-0.05, 0) is 44.9 Å². The Labute approximate surface area is 200 Å². The summed E-state index contributed by atoms with van der Waals surface area (Å²) in [5.74, 6) is 0.0112. The number of carbonyl (C=O) groups is 2. The molecular weight excluding hydrogens is 436 g/mol. The number of nitrogens with zero attached hydrogens (tertiary/aromatic N) is 3. The molecule has 9 nitrogen and oxygen atoms in total. The van der Waals surface area contributed by atoms with Crippen LogP contribution in [0.25, 0.3) is 5.57 Å². The topological polar surface area (TPSA) is 118 Å². The van der Waals surface area contributed by atoms with E-state index in [0.29, 0.717) is 34.8 Å². The lowest BCUT2D eigenvalue weighted by Gasteiger charge is -2.23. The van der Waals surface area contributed by atoms with Gasteiger partial charge in [-0.3, -0.25) is 4.79 Å². The molecule has 184 valence electrons. The molecule has 2 rings (SSSR count). The summed E-state index contributed by atoms with van der Waals surface area (Å²) in [7, 11) is 1.27. The van der Waals surface area contributed by atoms with Crippen molar-refractivity contribution in [3.05, 3.63) is 59.3 Å². The molecule has 0 aliphatic rings. The zero-order valence-corrected chi connectivity index (χ0v) is 20.5. The Balaban J connectivity index is 2.24. The average Bonchev–Trinajstić information content (AvgIpc) is 3.33. The number of rotatable bonds is 13. The van der Waals surface area contributed by atoms with Crippen molar-refractivity contribution in [1.82, 2.24) is 15.0 Å². The van der Waals surface area contributed by atoms with Crippen LogP contribution in [0.1, 0.15) is 74.0 Å². The summed E-state index contributed by atoms with van der Waals surface area (Å²) in [6.07, 6.45) is 3.82. The summed E-state index contributed by atoms with van der Waals surface area (Å²) in [5, 5.41) is 17.9. The zero-order valence-electron chi connectivity index (χ0n) is 20.5. The lowest BCUT2D eigenvalue weighted by Crippen LogP contribution is -2.29. The molecule has 2 aromatic rings. The summed E-state index contributed by atoms with van der Waals surface area (Å²) in [6, 6.07) is 5.20. The maximum absolute atomic E-state index is 11.6. The molecule has 2 aromatic heterocycles. The Morgan fingerprint density at radius 1 is 1.35 bits per heavy atom. The first-order chi connectivity index (χ1) is 16.2. The minimum atomic E-state index is -0.597. The van der Waals surface area contributed by atoms with Crippen molar-refractivity contribution in [2.24, 2.45) is 0 Å². The molecule has 34 heavy (non-hydrogen) atoms. The first-order valence-corrected chi connectivity index (χ1v) is 11.3. The third-order valence-corrected chi connectivity index (χ3v) is 5.38. The summed E-state index contributed by atoms with van der Waals surface area (Å²) in [5.41, 5.74) is 2.27. The van der Waals surface area contributed by atoms with Crippen LogP contribution in [0.5, 0.6) is 0 Å². The van der Waals surface area contributed by atoms with Crippen molar-refractivity contribution in [2.75, 3.05) is 19.0 Å². The number of allylic oxidation sites excluding steroid dienone is 2. The first kappa shape index (κ1) is 26.6. The predicted molar refractivity (Wildman–Crippen MR) is 130 cm³/mol. The van der Waals surface area contributed by atoms with Gasteiger partial charge in [0.05, 0.1) is 25.0 Å². The van der Waals surface area contributed by atoms with E-state index in [-0.39, 0.29) is 30.0 Å². The van der Waals surface area contributed by atoms with Gasteiger partial charge >= 0.3 is 5.97 Å². The van der Waals surface area contributed by atoms with Crippen LogP contribution in [0.4, 0.5) is 5.82 Å². The van der Waals surface area contributed by atoms with Gasteiger partial charge in [-0.2, -0.15) is 0 Å². The number of aliphatic hydroxyl groups excluding tert-OH is 1. The maximum Gasteiger partial charge on any atom is 0.376 e. The van der Waals surface area contributed by atoms with Crippen LogP contribution >= 0.6 is 0 Å². The van der Waals surface area contributed by atoms with Crippen molar-refractivity contribution < 1.29 is 24.0 Å². The van der Waals surface area contributed by atoms with Crippen molar-refractivity contribution in [2.45, 2.75) is 59.0 Å². The molecule has 0 saturated carbocycles. The number of hydrogen-bond acceptors (Lipinski definition) is 8. The molecule has 0 aliphatic heterocycles. The summed E-state index contributed by atoms with van der Waals surface area (Å²) >= 11 is 0. The molecule has 0 aliphatic carbocycles. The number of carbonyl (C=O) groups excluding carboxylic acids is 2. The fourth-order valence-electron chi connectivity index (χ4n) is 3.15. The quantitative estimate of drug-likeness (QED) is 0.187. The van der Waals surface area contributed by atoms with E-state index in [1.54, 1.807) is 11.0 Å². The number of hydrogen-bond donors (Lipinski definition) is 2. The van der Waals surface area contributed by atoms with Crippen molar-refractivity contribution >= 4 is 23.8 Å². The second kappa shape index (κ2) is 12.6. The molecule has 0 aromatic carbocycles. The van der Waals surface area contributed by atoms with E-state index in [9.17, 15) is 14.7 Å². The van der Waals surface area contributed by atoms with Gasteiger partial charge in [0.15, 0.2) is 0 Å². The highest BCUT2D eigenvalue weighted by Gasteiger charge is 2.19. The van der Waals surface area contributed by atoms with E-state index in [1.165, 1.54) is 13.2 Å². The van der Waals surface area contributed by atoms with Crippen molar-refractivity contribution in [1.29, 1.82) is 0 Å². The number of aliphatic hydroxyl groups is 1. The van der Waals surface area contributed by atoms with Crippen LogP contribution in [0, 0.1) is 0 Å². The van der Waals surface area contributed by atoms with Gasteiger partial charge < -0.3 is 24.6 Å². The second-order valence-electron chi connectivity index (χ2n) is 8.30. The molecule has 2 N–H and O–H groups in total. The van der Waals surface area contributed by atoms with Crippen LogP contribution in [0.2, 0.25) is 0 Å². The molecule has 0 radical (unpaired) electrons. The highest BCUT2D eigenvalue weighted by atomic mass is 16.5. The summed E-state index contributed by atoms with van der Waals surface area (Å²) < 4.78 is 9.64. The van der Waals surface area contributed by atoms with E-state index < -0.39 is 5.97 Å². The van der Waals surface area contributed by atoms with Gasteiger partial charge in [-0.15, -0.1) is 0 Å². The molecule has 1 amide bonds. The molecule has 9 heteroatoms. The van der Waals surface area contributed by atoms with Gasteiger partial charge in [0.2, 0.25) is 12.2 Å². The monoisotopic (exact) mass is 470 g/mol.